The Morgan fingerprint density at radius 1 is 1.04 bits per heavy atom. The molecule has 0 saturated carbocycles. The predicted octanol–water partition coefficient (Wildman–Crippen LogP) is 6.39. The van der Waals surface area contributed by atoms with Crippen LogP contribution in [0.5, 0.6) is 5.75 Å². The van der Waals surface area contributed by atoms with Gasteiger partial charge in [-0.1, -0.05) is 55.5 Å². The van der Waals surface area contributed by atoms with Crippen LogP contribution in [0, 0.1) is 0 Å². The Labute approximate surface area is 273 Å². The van der Waals surface area contributed by atoms with Gasteiger partial charge in [-0.3, -0.25) is 4.55 Å². The Morgan fingerprint density at radius 3 is 2.45 bits per heavy atom. The van der Waals surface area contributed by atoms with Crippen molar-refractivity contribution in [3.05, 3.63) is 96.2 Å². The minimum atomic E-state index is -4.49. The molecule has 1 fully saturated rings. The molecule has 3 unspecified atom stereocenters. The van der Waals surface area contributed by atoms with Crippen molar-refractivity contribution < 1.29 is 39.7 Å². The van der Waals surface area contributed by atoms with Crippen molar-refractivity contribution in [3.8, 4) is 5.75 Å². The third-order valence-electron chi connectivity index (χ3n) is 9.55. The zero-order valence-electron chi connectivity index (χ0n) is 26.0. The smallest absolute Gasteiger partial charge is 0.374 e. The van der Waals surface area contributed by atoms with Gasteiger partial charge in [0.05, 0.1) is 33.4 Å². The van der Waals surface area contributed by atoms with Crippen molar-refractivity contribution >= 4 is 64.6 Å². The van der Waals surface area contributed by atoms with Crippen molar-refractivity contribution in [2.24, 2.45) is 0 Å². The summed E-state index contributed by atoms with van der Waals surface area (Å²) in [4.78, 5) is 0. The first-order chi connectivity index (χ1) is 22.4. The highest BCUT2D eigenvalue weighted by molar-refractivity contribution is 7.86. The molecule has 0 amide bonds. The van der Waals surface area contributed by atoms with Crippen LogP contribution >= 0.6 is 0 Å². The number of allylic oxidation sites excluding steroid dienone is 2. The Hall–Kier alpha value is -4.07. The zero-order valence-corrected chi connectivity index (χ0v) is 27.6. The number of ether oxygens (including phenoxy) is 1. The van der Waals surface area contributed by atoms with Crippen molar-refractivity contribution in [1.29, 1.82) is 0 Å². The summed E-state index contributed by atoms with van der Waals surface area (Å²) in [6.45, 7) is 4.01. The van der Waals surface area contributed by atoms with E-state index in [1.807, 2.05) is 96.4 Å². The number of hydrogen-bond donors (Lipinski definition) is 1. The number of aromatic nitrogens is 1. The van der Waals surface area contributed by atoms with E-state index in [1.165, 1.54) is 6.92 Å². The molecule has 1 aromatic heterocycles. The molecule has 0 radical (unpaired) electrons. The maximum Gasteiger partial charge on any atom is 0.374 e. The Balaban J connectivity index is 1.40. The monoisotopic (exact) mass is 675 g/mol. The van der Waals surface area contributed by atoms with Crippen molar-refractivity contribution in [2.75, 3.05) is 6.54 Å². The summed E-state index contributed by atoms with van der Waals surface area (Å²) >= 11 is 0. The maximum atomic E-state index is 12.9. The van der Waals surface area contributed by atoms with Crippen molar-refractivity contribution in [3.63, 3.8) is 0 Å². The summed E-state index contributed by atoms with van der Waals surface area (Å²) in [5.41, 5.74) is 2.82. The standard InChI is InChI=1S/C35H34N2O8S2/c1-3-24(19-32-36(17-16-23(2)46(38,39)40)35-28-12-7-6-9-25(28)14-15-30(35)44-32)20-33-37(18-8-13-34(37)47(41,42)43)29-21-26-10-4-5-11-27(26)22-31(29)45-33/h4-7,9-12,14-15,19-23,34H,3,8,13,16-18H2,1-2H3/p+1. The van der Waals surface area contributed by atoms with E-state index < -0.39 is 30.9 Å². The molecule has 2 aliphatic rings. The number of aryl methyl sites for hydroxylation is 1. The van der Waals surface area contributed by atoms with Crippen molar-refractivity contribution in [1.82, 2.24) is 4.48 Å². The average molecular weight is 676 g/mol. The lowest BCUT2D eigenvalue weighted by molar-refractivity contribution is -0.677. The number of fused-ring (bicyclic) bond motifs is 6. The average Bonchev–Trinajstić information content (AvgIpc) is 3.72. The molecule has 1 N–H and O–H groups in total. The van der Waals surface area contributed by atoms with Crippen LogP contribution in [-0.4, -0.2) is 43.1 Å². The van der Waals surface area contributed by atoms with E-state index in [2.05, 4.69) is 0 Å². The van der Waals surface area contributed by atoms with Gasteiger partial charge >= 0.3 is 21.9 Å². The maximum absolute atomic E-state index is 12.9. The normalized spacial score (nSPS) is 21.7. The third kappa shape index (κ3) is 5.43. The van der Waals surface area contributed by atoms with E-state index in [0.29, 0.717) is 48.2 Å². The highest BCUT2D eigenvalue weighted by Crippen LogP contribution is 2.53. The molecule has 0 bridgehead atoms. The predicted molar refractivity (Wildman–Crippen MR) is 180 cm³/mol. The van der Waals surface area contributed by atoms with Crippen LogP contribution in [0.2, 0.25) is 0 Å². The van der Waals surface area contributed by atoms with E-state index >= 15 is 0 Å². The second-order valence-electron chi connectivity index (χ2n) is 12.3. The summed E-state index contributed by atoms with van der Waals surface area (Å²) in [6.07, 6.45) is 5.11. The summed E-state index contributed by atoms with van der Waals surface area (Å²) in [6, 6.07) is 23.3. The molecule has 3 atom stereocenters. The lowest BCUT2D eigenvalue weighted by Crippen LogP contribution is -2.54. The van der Waals surface area contributed by atoms with Crippen LogP contribution < -0.4 is 13.8 Å². The highest BCUT2D eigenvalue weighted by Gasteiger charge is 2.59. The number of benzene rings is 4. The fourth-order valence-electron chi connectivity index (χ4n) is 7.06. The van der Waals surface area contributed by atoms with E-state index in [0.717, 1.165) is 32.6 Å². The van der Waals surface area contributed by atoms with E-state index in [-0.39, 0.29) is 23.9 Å². The topological polar surface area (TPSA) is 138 Å². The van der Waals surface area contributed by atoms with Gasteiger partial charge in [0.1, 0.15) is 0 Å². The van der Waals surface area contributed by atoms with E-state index in [9.17, 15) is 25.9 Å². The quantitative estimate of drug-likeness (QED) is 0.113. The molecule has 12 heteroatoms. The summed E-state index contributed by atoms with van der Waals surface area (Å²) < 4.78 is 86.1. The molecular weight excluding hydrogens is 641 g/mol. The molecule has 1 saturated heterocycles. The molecule has 5 aromatic rings. The Kier molecular flexibility index (Phi) is 7.76. The lowest BCUT2D eigenvalue weighted by Gasteiger charge is -2.32. The number of quaternary nitrogens is 1. The van der Waals surface area contributed by atoms with Gasteiger partial charge in [0.15, 0.2) is 18.0 Å². The molecule has 10 nitrogen and oxygen atoms in total. The lowest BCUT2D eigenvalue weighted by atomic mass is 10.1. The molecule has 3 heterocycles. The highest BCUT2D eigenvalue weighted by atomic mass is 32.2. The fourth-order valence-corrected chi connectivity index (χ4v) is 8.70. The van der Waals surface area contributed by atoms with Gasteiger partial charge in [-0.05, 0) is 53.3 Å². The van der Waals surface area contributed by atoms with Gasteiger partial charge < -0.3 is 13.7 Å². The van der Waals surface area contributed by atoms with Crippen LogP contribution in [0.1, 0.15) is 45.4 Å². The van der Waals surface area contributed by atoms with Gasteiger partial charge in [-0.2, -0.15) is 13.0 Å². The molecular formula is C35H35N2O8S2+. The molecule has 7 rings (SSSR count). The second-order valence-corrected chi connectivity index (χ2v) is 15.7. The SMILES string of the molecule is CCC(=Cc1oc2ccc3ccccc3c2[n+]1CCC(C)S(=O)(=O)[O-])C=C1Oc2cc3ccccc3cc2[N+]12CCCC2S(=O)(=O)O. The number of rotatable bonds is 8. The van der Waals surface area contributed by atoms with Gasteiger partial charge in [0.2, 0.25) is 11.0 Å². The minimum absolute atomic E-state index is 0.0831. The first kappa shape index (κ1) is 31.5. The molecule has 47 heavy (non-hydrogen) atoms. The van der Waals surface area contributed by atoms with Gasteiger partial charge in [0.25, 0.3) is 5.52 Å². The van der Waals surface area contributed by atoms with Gasteiger partial charge in [-0.15, -0.1) is 0 Å². The van der Waals surface area contributed by atoms with Crippen LogP contribution in [0.3, 0.4) is 0 Å². The van der Waals surface area contributed by atoms with E-state index in [1.54, 1.807) is 0 Å². The Morgan fingerprint density at radius 2 is 1.74 bits per heavy atom. The molecule has 0 aliphatic carbocycles. The first-order valence-electron chi connectivity index (χ1n) is 15.7. The molecule has 244 valence electrons. The largest absolute Gasteiger partial charge is 0.748 e. The number of oxazole rings is 1. The summed E-state index contributed by atoms with van der Waals surface area (Å²) in [7, 11) is -8.95. The molecule has 1 spiro atoms. The van der Waals surface area contributed by atoms with E-state index in [4.69, 9.17) is 9.15 Å². The second kappa shape index (κ2) is 11.6. The fraction of sp³-hybridized carbons (Fsp3) is 0.286. The van der Waals surface area contributed by atoms with Crippen LogP contribution in [0.25, 0.3) is 38.7 Å². The van der Waals surface area contributed by atoms with Gasteiger partial charge in [0, 0.05) is 31.4 Å². The van der Waals surface area contributed by atoms with Crippen LogP contribution in [0.15, 0.2) is 94.7 Å². The zero-order chi connectivity index (χ0) is 33.1. The molecule has 2 aliphatic heterocycles. The minimum Gasteiger partial charge on any atom is -0.748 e. The summed E-state index contributed by atoms with van der Waals surface area (Å²) in [5, 5.41) is 1.55. The molecule has 4 aromatic carbocycles. The first-order valence-corrected chi connectivity index (χ1v) is 18.6. The third-order valence-corrected chi connectivity index (χ3v) is 12.1. The Bertz CT molecular complexity index is 2340. The van der Waals surface area contributed by atoms with Crippen LogP contribution in [-0.2, 0) is 26.8 Å². The number of hydrogen-bond acceptors (Lipinski definition) is 7. The summed E-state index contributed by atoms with van der Waals surface area (Å²) in [5.74, 6) is 1.38. The van der Waals surface area contributed by atoms with Crippen LogP contribution in [0.4, 0.5) is 5.69 Å². The van der Waals surface area contributed by atoms with Crippen molar-refractivity contribution in [2.45, 2.75) is 56.7 Å². The van der Waals surface area contributed by atoms with Gasteiger partial charge in [-0.25, -0.2) is 12.9 Å². The number of nitrogens with zero attached hydrogens (tertiary/aromatic N) is 2.